The fourth-order valence-electron chi connectivity index (χ4n) is 0.396. The van der Waals surface area contributed by atoms with Crippen LogP contribution in [-0.2, 0) is 4.84 Å². The molecule has 0 radical (unpaired) electrons. The van der Waals surface area contributed by atoms with Crippen LogP contribution in [-0.4, -0.2) is 13.4 Å². The summed E-state index contributed by atoms with van der Waals surface area (Å²) in [5.41, 5.74) is 0.977. The minimum absolute atomic E-state index is 0.490. The van der Waals surface area contributed by atoms with Crippen molar-refractivity contribution in [3.05, 3.63) is 11.1 Å². The molecule has 3 N–H and O–H groups in total. The fraction of sp³-hybridized carbons (Fsp3) is 0.600. The smallest absolute Gasteiger partial charge is 0.162 e. The fourth-order valence-corrected chi connectivity index (χ4v) is 0.866. The standard InChI is InChI=1S/C5H12N2OS/c1-5(4-9-3)7(6)8-2/h4H,6H2,1-3H3/p+1/b5-4-. The van der Waals surface area contributed by atoms with Crippen LogP contribution < -0.4 is 11.0 Å². The summed E-state index contributed by atoms with van der Waals surface area (Å²) in [6, 6.07) is 0. The molecule has 0 rings (SSSR count). The lowest BCUT2D eigenvalue weighted by atomic mass is 10.6. The summed E-state index contributed by atoms with van der Waals surface area (Å²) in [5, 5.41) is 2.43. The van der Waals surface area contributed by atoms with Gasteiger partial charge in [-0.2, -0.15) is 4.84 Å². The van der Waals surface area contributed by atoms with Gasteiger partial charge in [0.25, 0.3) is 0 Å². The normalized spacial score (nSPS) is 15.8. The lowest BCUT2D eigenvalue weighted by molar-refractivity contribution is -1.07. The molecule has 0 aliphatic carbocycles. The van der Waals surface area contributed by atoms with Crippen molar-refractivity contribution in [1.82, 2.24) is 0 Å². The van der Waals surface area contributed by atoms with Crippen LogP contribution in [0.15, 0.2) is 11.1 Å². The Bertz CT molecular complexity index is 105. The van der Waals surface area contributed by atoms with E-state index < -0.39 is 0 Å². The van der Waals surface area contributed by atoms with Crippen molar-refractivity contribution in [2.45, 2.75) is 6.92 Å². The highest BCUT2D eigenvalue weighted by Gasteiger charge is 2.01. The molecular formula is C5H13N2OS+. The van der Waals surface area contributed by atoms with Crippen molar-refractivity contribution >= 4 is 11.8 Å². The molecule has 54 valence electrons. The number of allylic oxidation sites excluding steroid dienone is 1. The molecule has 0 saturated carbocycles. The zero-order valence-electron chi connectivity index (χ0n) is 5.97. The van der Waals surface area contributed by atoms with E-state index in [1.807, 2.05) is 18.6 Å². The zero-order valence-corrected chi connectivity index (χ0v) is 6.79. The predicted octanol–water partition coefficient (Wildman–Crippen LogP) is -0.469. The number of nitrogens with two attached hydrogens (primary N) is 1. The number of hydroxylamine groups is 1. The maximum atomic E-state index is 5.42. The van der Waals surface area contributed by atoms with E-state index >= 15 is 0 Å². The highest BCUT2D eigenvalue weighted by molar-refractivity contribution is 8.01. The molecule has 0 aliphatic heterocycles. The van der Waals surface area contributed by atoms with Crippen molar-refractivity contribution < 1.29 is 10.0 Å². The lowest BCUT2D eigenvalue weighted by Crippen LogP contribution is -3.14. The Morgan fingerprint density at radius 3 is 2.67 bits per heavy atom. The first-order chi connectivity index (χ1) is 4.22. The molecular weight excluding hydrogens is 136 g/mol. The van der Waals surface area contributed by atoms with Gasteiger partial charge in [0, 0.05) is 12.3 Å². The summed E-state index contributed by atoms with van der Waals surface area (Å²) in [5.74, 6) is 5.42. The predicted molar refractivity (Wildman–Crippen MR) is 39.4 cm³/mol. The Labute approximate surface area is 59.8 Å². The summed E-state index contributed by atoms with van der Waals surface area (Å²) in [4.78, 5) is 4.78. The van der Waals surface area contributed by atoms with Crippen molar-refractivity contribution in [2.75, 3.05) is 13.4 Å². The molecule has 3 nitrogen and oxygen atoms in total. The molecule has 1 atom stereocenters. The third kappa shape index (κ3) is 3.53. The topological polar surface area (TPSA) is 39.7 Å². The summed E-state index contributed by atoms with van der Waals surface area (Å²) in [7, 11) is 1.56. The van der Waals surface area contributed by atoms with E-state index in [0.29, 0.717) is 5.17 Å². The first-order valence-corrected chi connectivity index (χ1v) is 3.87. The van der Waals surface area contributed by atoms with Crippen LogP contribution in [0.4, 0.5) is 0 Å². The van der Waals surface area contributed by atoms with Crippen LogP contribution in [0.1, 0.15) is 6.92 Å². The highest BCUT2D eigenvalue weighted by Crippen LogP contribution is 1.94. The summed E-state index contributed by atoms with van der Waals surface area (Å²) in [6.07, 6.45) is 1.98. The van der Waals surface area contributed by atoms with E-state index in [2.05, 4.69) is 0 Å². The van der Waals surface area contributed by atoms with Gasteiger partial charge >= 0.3 is 0 Å². The van der Waals surface area contributed by atoms with E-state index in [-0.39, 0.29) is 0 Å². The third-order valence-corrected chi connectivity index (χ3v) is 1.49. The molecule has 9 heavy (non-hydrogen) atoms. The van der Waals surface area contributed by atoms with Gasteiger partial charge in [0.2, 0.25) is 0 Å². The zero-order chi connectivity index (χ0) is 7.28. The van der Waals surface area contributed by atoms with Gasteiger partial charge in [0.15, 0.2) is 5.70 Å². The second-order valence-electron chi connectivity index (χ2n) is 1.60. The molecule has 4 heteroatoms. The van der Waals surface area contributed by atoms with Crippen molar-refractivity contribution in [3.63, 3.8) is 0 Å². The minimum atomic E-state index is 0.490. The summed E-state index contributed by atoms with van der Waals surface area (Å²) in [6.45, 7) is 1.91. The first-order valence-electron chi connectivity index (χ1n) is 2.58. The number of hydrogen-bond acceptors (Lipinski definition) is 3. The monoisotopic (exact) mass is 149 g/mol. The van der Waals surface area contributed by atoms with Gasteiger partial charge in [-0.3, -0.25) is 0 Å². The first kappa shape index (κ1) is 8.97. The van der Waals surface area contributed by atoms with Gasteiger partial charge in [-0.1, -0.05) is 5.17 Å². The van der Waals surface area contributed by atoms with Gasteiger partial charge in [-0.25, -0.2) is 0 Å². The maximum absolute atomic E-state index is 5.42. The number of hydrogen-bond donors (Lipinski definition) is 2. The van der Waals surface area contributed by atoms with Gasteiger partial charge in [-0.15, -0.1) is 17.6 Å². The Kier molecular flexibility index (Phi) is 4.80. The van der Waals surface area contributed by atoms with Gasteiger partial charge < -0.3 is 0 Å². The van der Waals surface area contributed by atoms with Crippen LogP contribution in [0.5, 0.6) is 0 Å². The van der Waals surface area contributed by atoms with E-state index in [1.165, 1.54) is 0 Å². The minimum Gasteiger partial charge on any atom is -0.182 e. The largest absolute Gasteiger partial charge is 0.182 e. The molecule has 0 heterocycles. The Morgan fingerprint density at radius 1 is 1.78 bits per heavy atom. The number of rotatable bonds is 3. The molecule has 0 aliphatic rings. The Balaban J connectivity index is 3.70. The van der Waals surface area contributed by atoms with Crippen LogP contribution in [0, 0.1) is 0 Å². The van der Waals surface area contributed by atoms with Crippen LogP contribution in [0.2, 0.25) is 0 Å². The molecule has 0 aromatic heterocycles. The molecule has 0 saturated heterocycles. The number of nitrogens with one attached hydrogen (secondary N) is 1. The Hall–Kier alpha value is -0.0300. The quantitative estimate of drug-likeness (QED) is 0.421. The second kappa shape index (κ2) is 4.81. The third-order valence-electron chi connectivity index (χ3n) is 0.903. The van der Waals surface area contributed by atoms with E-state index in [4.69, 9.17) is 10.7 Å². The summed E-state index contributed by atoms with van der Waals surface area (Å²) < 4.78 is 0. The number of quaternary nitrogens is 1. The van der Waals surface area contributed by atoms with E-state index in [0.717, 1.165) is 5.70 Å². The molecule has 0 fully saturated rings. The second-order valence-corrected chi connectivity index (χ2v) is 2.31. The average molecular weight is 149 g/mol. The van der Waals surface area contributed by atoms with Crippen LogP contribution >= 0.6 is 11.8 Å². The molecule has 1 unspecified atom stereocenters. The maximum Gasteiger partial charge on any atom is 0.162 e. The SMILES string of the molecule is CO[NH+](N)/C(C)=C\SC. The van der Waals surface area contributed by atoms with Gasteiger partial charge in [0.05, 0.1) is 7.11 Å². The number of thioether (sulfide) groups is 1. The summed E-state index contributed by atoms with van der Waals surface area (Å²) >= 11 is 1.61. The van der Waals surface area contributed by atoms with E-state index in [9.17, 15) is 0 Å². The van der Waals surface area contributed by atoms with Crippen molar-refractivity contribution in [3.8, 4) is 0 Å². The van der Waals surface area contributed by atoms with Gasteiger partial charge in [-0.05, 0) is 6.26 Å². The van der Waals surface area contributed by atoms with Crippen molar-refractivity contribution in [1.29, 1.82) is 0 Å². The molecule has 0 aromatic carbocycles. The lowest BCUT2D eigenvalue weighted by Gasteiger charge is -2.05. The van der Waals surface area contributed by atoms with Crippen LogP contribution in [0.3, 0.4) is 0 Å². The highest BCUT2D eigenvalue weighted by atomic mass is 32.2. The molecule has 0 aromatic rings. The van der Waals surface area contributed by atoms with Crippen LogP contribution in [0.25, 0.3) is 0 Å². The molecule has 0 amide bonds. The van der Waals surface area contributed by atoms with Crippen molar-refractivity contribution in [2.24, 2.45) is 5.84 Å². The Morgan fingerprint density at radius 2 is 2.33 bits per heavy atom. The molecule has 0 spiro atoms. The van der Waals surface area contributed by atoms with E-state index in [1.54, 1.807) is 18.9 Å². The average Bonchev–Trinajstić information content (AvgIpc) is 1.87. The van der Waals surface area contributed by atoms with Gasteiger partial charge in [0.1, 0.15) is 0 Å². The molecule has 0 bridgehead atoms.